The molecular weight excluding hydrogens is 294 g/mol. The van der Waals surface area contributed by atoms with Gasteiger partial charge in [-0.05, 0) is 49.8 Å². The summed E-state index contributed by atoms with van der Waals surface area (Å²) in [5.41, 5.74) is 2.52. The molecule has 1 heterocycles. The predicted octanol–water partition coefficient (Wildman–Crippen LogP) is 2.27. The van der Waals surface area contributed by atoms with Gasteiger partial charge >= 0.3 is 5.97 Å². The maximum Gasteiger partial charge on any atom is 0.338 e. The van der Waals surface area contributed by atoms with Crippen molar-refractivity contribution in [2.75, 3.05) is 25.0 Å². The molecule has 1 aromatic rings. The third-order valence-corrected chi connectivity index (χ3v) is 3.46. The molecule has 23 heavy (non-hydrogen) atoms. The van der Waals surface area contributed by atoms with Gasteiger partial charge in [-0.2, -0.15) is 0 Å². The lowest BCUT2D eigenvalue weighted by atomic mass is 10.1. The maximum absolute atomic E-state index is 11.7. The second kappa shape index (κ2) is 8.36. The molecule has 6 nitrogen and oxygen atoms in total. The van der Waals surface area contributed by atoms with E-state index in [9.17, 15) is 10.0 Å². The Morgan fingerprint density at radius 2 is 2.17 bits per heavy atom. The van der Waals surface area contributed by atoms with E-state index < -0.39 is 0 Å². The monoisotopic (exact) mass is 317 g/mol. The van der Waals surface area contributed by atoms with Gasteiger partial charge in [-0.1, -0.05) is 6.08 Å². The van der Waals surface area contributed by atoms with Gasteiger partial charge in [0.25, 0.3) is 0 Å². The Hall–Kier alpha value is -2.31. The summed E-state index contributed by atoms with van der Waals surface area (Å²) in [5.74, 6) is -0.302. The summed E-state index contributed by atoms with van der Waals surface area (Å²) in [5, 5.41) is 17.3. The number of nitrogens with zero attached hydrogens (tertiary/aromatic N) is 1. The Kier molecular flexibility index (Phi) is 6.19. The molecule has 0 aliphatic carbocycles. The molecular formula is C17H23N3O3. The van der Waals surface area contributed by atoms with Crippen molar-refractivity contribution in [3.63, 3.8) is 0 Å². The number of hydroxylamine groups is 2. The number of hydrogen-bond acceptors (Lipinski definition) is 6. The fourth-order valence-corrected chi connectivity index (χ4v) is 2.27. The average Bonchev–Trinajstić information content (AvgIpc) is 2.54. The van der Waals surface area contributed by atoms with Crippen molar-refractivity contribution in [3.8, 4) is 0 Å². The van der Waals surface area contributed by atoms with E-state index in [1.54, 1.807) is 25.3 Å². The van der Waals surface area contributed by atoms with Crippen molar-refractivity contribution in [2.45, 2.75) is 20.0 Å². The van der Waals surface area contributed by atoms with Gasteiger partial charge in [-0.3, -0.25) is 10.5 Å². The molecule has 124 valence electrons. The van der Waals surface area contributed by atoms with Crippen LogP contribution in [0.25, 0.3) is 0 Å². The minimum atomic E-state index is -0.302. The number of allylic oxidation sites excluding steroid dienone is 2. The summed E-state index contributed by atoms with van der Waals surface area (Å²) in [6.45, 7) is 5.48. The summed E-state index contributed by atoms with van der Waals surface area (Å²) < 4.78 is 4.99. The number of carbonyl (C=O) groups excluding carboxylic acids is 1. The van der Waals surface area contributed by atoms with Gasteiger partial charge in [0.2, 0.25) is 0 Å². The molecule has 3 N–H and O–H groups in total. The number of carbonyl (C=O) groups is 1. The highest BCUT2D eigenvalue weighted by Crippen LogP contribution is 2.17. The summed E-state index contributed by atoms with van der Waals surface area (Å²) in [6.07, 6.45) is 6.91. The number of aryl methyl sites for hydroxylation is 1. The van der Waals surface area contributed by atoms with Crippen LogP contribution >= 0.6 is 0 Å². The van der Waals surface area contributed by atoms with E-state index in [1.165, 1.54) is 0 Å². The quantitative estimate of drug-likeness (QED) is 0.529. The van der Waals surface area contributed by atoms with Crippen LogP contribution in [0.15, 0.2) is 42.6 Å². The van der Waals surface area contributed by atoms with Crippen molar-refractivity contribution in [1.82, 2.24) is 10.4 Å². The zero-order chi connectivity index (χ0) is 16.7. The van der Waals surface area contributed by atoms with Crippen molar-refractivity contribution < 1.29 is 14.7 Å². The van der Waals surface area contributed by atoms with Crippen molar-refractivity contribution >= 4 is 11.7 Å². The van der Waals surface area contributed by atoms with Gasteiger partial charge in [-0.25, -0.2) is 9.86 Å². The molecule has 0 saturated carbocycles. The van der Waals surface area contributed by atoms with Crippen LogP contribution in [0.4, 0.5) is 5.69 Å². The second-order valence-electron chi connectivity index (χ2n) is 5.18. The van der Waals surface area contributed by atoms with Gasteiger partial charge in [0, 0.05) is 25.0 Å². The molecule has 0 bridgehead atoms. The minimum Gasteiger partial charge on any atom is -0.462 e. The van der Waals surface area contributed by atoms with E-state index in [-0.39, 0.29) is 12.1 Å². The molecule has 0 fully saturated rings. The first-order valence-corrected chi connectivity index (χ1v) is 7.69. The van der Waals surface area contributed by atoms with Gasteiger partial charge in [-0.15, -0.1) is 0 Å². The average molecular weight is 317 g/mol. The number of hydrogen-bond donors (Lipinski definition) is 3. The summed E-state index contributed by atoms with van der Waals surface area (Å²) >= 11 is 0. The second-order valence-corrected chi connectivity index (χ2v) is 5.18. The summed E-state index contributed by atoms with van der Waals surface area (Å²) in [4.78, 5) is 11.7. The fourth-order valence-electron chi connectivity index (χ4n) is 2.27. The van der Waals surface area contributed by atoms with Gasteiger partial charge in [0.1, 0.15) is 6.17 Å². The van der Waals surface area contributed by atoms with E-state index in [0.29, 0.717) is 25.3 Å². The van der Waals surface area contributed by atoms with E-state index in [1.807, 2.05) is 31.2 Å². The van der Waals surface area contributed by atoms with Crippen LogP contribution in [0.2, 0.25) is 0 Å². The molecule has 0 saturated heterocycles. The number of esters is 1. The molecule has 0 spiro atoms. The van der Waals surface area contributed by atoms with Crippen LogP contribution in [0.3, 0.4) is 0 Å². The lowest BCUT2D eigenvalue weighted by Crippen LogP contribution is -2.42. The first kappa shape index (κ1) is 17.1. The van der Waals surface area contributed by atoms with Crippen LogP contribution in [-0.4, -0.2) is 42.1 Å². The molecule has 1 unspecified atom stereocenters. The number of anilines is 1. The van der Waals surface area contributed by atoms with Crippen molar-refractivity contribution in [1.29, 1.82) is 0 Å². The number of ether oxygens (including phenoxy) is 1. The number of benzene rings is 1. The zero-order valence-electron chi connectivity index (χ0n) is 13.5. The molecule has 0 aromatic heterocycles. The van der Waals surface area contributed by atoms with Crippen LogP contribution in [-0.2, 0) is 4.74 Å². The molecule has 1 aliphatic heterocycles. The standard InChI is InChI=1S/C17H23N3O3/c1-3-23-17(21)14-7-8-15(13(2)12-14)18-9-10-19-16-6-4-5-11-20(16)22/h4-8,11-12,16,18-19,22H,3,9-10H2,1-2H3. The van der Waals surface area contributed by atoms with E-state index >= 15 is 0 Å². The molecule has 1 aliphatic rings. The molecule has 1 atom stereocenters. The largest absolute Gasteiger partial charge is 0.462 e. The number of nitrogens with one attached hydrogen (secondary N) is 2. The molecule has 6 heteroatoms. The topological polar surface area (TPSA) is 73.8 Å². The Morgan fingerprint density at radius 1 is 1.35 bits per heavy atom. The summed E-state index contributed by atoms with van der Waals surface area (Å²) in [6, 6.07) is 5.45. The predicted molar refractivity (Wildman–Crippen MR) is 89.3 cm³/mol. The molecule has 0 radical (unpaired) electrons. The highest BCUT2D eigenvalue weighted by atomic mass is 16.5. The van der Waals surface area contributed by atoms with Crippen LogP contribution in [0.5, 0.6) is 0 Å². The third-order valence-electron chi connectivity index (χ3n) is 3.46. The normalized spacial score (nSPS) is 16.5. The van der Waals surface area contributed by atoms with Crippen LogP contribution in [0.1, 0.15) is 22.8 Å². The maximum atomic E-state index is 11.7. The highest BCUT2D eigenvalue weighted by molar-refractivity contribution is 5.90. The van der Waals surface area contributed by atoms with Crippen LogP contribution in [0, 0.1) is 6.92 Å². The minimum absolute atomic E-state index is 0.214. The third kappa shape index (κ3) is 4.84. The Morgan fingerprint density at radius 3 is 2.87 bits per heavy atom. The Bertz CT molecular complexity index is 599. The zero-order valence-corrected chi connectivity index (χ0v) is 13.5. The highest BCUT2D eigenvalue weighted by Gasteiger charge is 2.11. The Labute approximate surface area is 136 Å². The smallest absolute Gasteiger partial charge is 0.338 e. The molecule has 0 amide bonds. The molecule has 1 aromatic carbocycles. The first-order valence-electron chi connectivity index (χ1n) is 7.69. The first-order chi connectivity index (χ1) is 11.1. The number of rotatable bonds is 7. The van der Waals surface area contributed by atoms with Gasteiger partial charge in [0.15, 0.2) is 0 Å². The van der Waals surface area contributed by atoms with Gasteiger partial charge < -0.3 is 10.1 Å². The molecule has 2 rings (SSSR count). The van der Waals surface area contributed by atoms with E-state index in [0.717, 1.165) is 16.3 Å². The van der Waals surface area contributed by atoms with E-state index in [4.69, 9.17) is 4.74 Å². The van der Waals surface area contributed by atoms with Crippen molar-refractivity contribution in [2.24, 2.45) is 0 Å². The van der Waals surface area contributed by atoms with Gasteiger partial charge in [0.05, 0.1) is 12.2 Å². The van der Waals surface area contributed by atoms with Crippen molar-refractivity contribution in [3.05, 3.63) is 53.8 Å². The fraction of sp³-hybridized carbons (Fsp3) is 0.353. The Balaban J connectivity index is 1.80. The lowest BCUT2D eigenvalue weighted by molar-refractivity contribution is -0.0746. The van der Waals surface area contributed by atoms with Crippen LogP contribution < -0.4 is 10.6 Å². The summed E-state index contributed by atoms with van der Waals surface area (Å²) in [7, 11) is 0. The lowest BCUT2D eigenvalue weighted by Gasteiger charge is -2.25. The van der Waals surface area contributed by atoms with E-state index in [2.05, 4.69) is 10.6 Å². The SMILES string of the molecule is CCOC(=O)c1ccc(NCCNC2C=CC=CN2O)c(C)c1.